The summed E-state index contributed by atoms with van der Waals surface area (Å²) >= 11 is 0. The van der Waals surface area contributed by atoms with Crippen LogP contribution in [0.2, 0.25) is 0 Å². The van der Waals surface area contributed by atoms with Gasteiger partial charge in [-0.05, 0) is 12.1 Å². The Hall–Kier alpha value is -2.17. The van der Waals surface area contributed by atoms with Crippen molar-refractivity contribution < 1.29 is 4.73 Å². The maximum absolute atomic E-state index is 11.7. The monoisotopic (exact) mass is 232 g/mol. The van der Waals surface area contributed by atoms with Crippen molar-refractivity contribution in [3.05, 3.63) is 29.6 Å². The fraction of sp³-hybridized carbons (Fsp3) is 0.250. The first kappa shape index (κ1) is 11.3. The van der Waals surface area contributed by atoms with Gasteiger partial charge in [-0.1, -0.05) is 0 Å². The molecule has 0 aliphatic carbocycles. The van der Waals surface area contributed by atoms with Crippen molar-refractivity contribution in [1.82, 2.24) is 0 Å². The molecule has 0 bridgehead atoms. The van der Waals surface area contributed by atoms with Crippen LogP contribution >= 0.6 is 0 Å². The van der Waals surface area contributed by atoms with Crippen LogP contribution < -0.4 is 20.7 Å². The molecule has 17 heavy (non-hydrogen) atoms. The molecule has 0 fully saturated rings. The maximum Gasteiger partial charge on any atom is 0.277 e. The summed E-state index contributed by atoms with van der Waals surface area (Å²) in [5.41, 5.74) is 1.93. The van der Waals surface area contributed by atoms with E-state index in [0.717, 1.165) is 26.9 Å². The van der Waals surface area contributed by atoms with E-state index in [1.165, 1.54) is 0 Å². The molecular weight excluding hydrogens is 216 g/mol. The molecule has 1 aromatic carbocycles. The van der Waals surface area contributed by atoms with Crippen molar-refractivity contribution >= 4 is 28.0 Å². The molecule has 0 radical (unpaired) electrons. The zero-order valence-electron chi connectivity index (χ0n) is 10.2. The summed E-state index contributed by atoms with van der Waals surface area (Å²) in [6.07, 6.45) is 1.58. The molecule has 0 aliphatic heterocycles. The number of nitrogens with one attached hydrogen (secondary N) is 3. The second-order valence-electron chi connectivity index (χ2n) is 3.72. The van der Waals surface area contributed by atoms with Crippen LogP contribution in [0.25, 0.3) is 10.8 Å². The molecule has 0 atom stereocenters. The molecule has 1 heterocycles. The van der Waals surface area contributed by atoms with Crippen molar-refractivity contribution in [1.29, 1.82) is 0 Å². The molecule has 5 heteroatoms. The Labute approximate surface area is 100 Å². The Morgan fingerprint density at radius 1 is 0.941 bits per heavy atom. The summed E-state index contributed by atoms with van der Waals surface area (Å²) in [7, 11) is 5.44. The largest absolute Gasteiger partial charge is 0.711 e. The molecule has 0 aliphatic rings. The van der Waals surface area contributed by atoms with Crippen molar-refractivity contribution in [2.45, 2.75) is 0 Å². The van der Waals surface area contributed by atoms with Gasteiger partial charge in [0.05, 0.1) is 7.05 Å². The van der Waals surface area contributed by atoms with Crippen molar-refractivity contribution in [2.24, 2.45) is 0 Å². The SMILES string of the molecule is CNc1ccc(NC)c2c[n+]([O-])c(NC)cc12. The number of anilines is 3. The topological polar surface area (TPSA) is 63.0 Å². The minimum absolute atomic E-state index is 0.530. The van der Waals surface area contributed by atoms with E-state index in [9.17, 15) is 5.21 Å². The number of nitrogens with zero attached hydrogens (tertiary/aromatic N) is 1. The second-order valence-corrected chi connectivity index (χ2v) is 3.72. The number of hydrogen-bond donors (Lipinski definition) is 3. The van der Waals surface area contributed by atoms with Gasteiger partial charge in [-0.2, -0.15) is 0 Å². The summed E-state index contributed by atoms with van der Waals surface area (Å²) in [6, 6.07) is 5.78. The predicted octanol–water partition coefficient (Wildman–Crippen LogP) is 1.60. The minimum atomic E-state index is 0.530. The average Bonchev–Trinajstić information content (AvgIpc) is 2.36. The number of pyridine rings is 1. The fourth-order valence-electron chi connectivity index (χ4n) is 1.94. The molecular formula is C12H16N4O. The van der Waals surface area contributed by atoms with Crippen LogP contribution in [0.1, 0.15) is 0 Å². The Kier molecular flexibility index (Phi) is 2.91. The molecule has 0 spiro atoms. The first-order chi connectivity index (χ1) is 8.21. The lowest BCUT2D eigenvalue weighted by Crippen LogP contribution is -2.29. The van der Waals surface area contributed by atoms with E-state index in [1.807, 2.05) is 32.3 Å². The highest BCUT2D eigenvalue weighted by Crippen LogP contribution is 2.29. The highest BCUT2D eigenvalue weighted by atomic mass is 16.5. The van der Waals surface area contributed by atoms with E-state index in [-0.39, 0.29) is 0 Å². The Balaban J connectivity index is 2.81. The summed E-state index contributed by atoms with van der Waals surface area (Å²) in [6.45, 7) is 0. The van der Waals surface area contributed by atoms with Crippen LogP contribution in [0.15, 0.2) is 24.4 Å². The molecule has 90 valence electrons. The third-order valence-electron chi connectivity index (χ3n) is 2.85. The highest BCUT2D eigenvalue weighted by Gasteiger charge is 2.10. The Morgan fingerprint density at radius 2 is 1.53 bits per heavy atom. The van der Waals surface area contributed by atoms with E-state index in [2.05, 4.69) is 16.0 Å². The molecule has 0 saturated carbocycles. The fourth-order valence-corrected chi connectivity index (χ4v) is 1.94. The van der Waals surface area contributed by atoms with E-state index < -0.39 is 0 Å². The van der Waals surface area contributed by atoms with Crippen LogP contribution in [-0.2, 0) is 0 Å². The first-order valence-corrected chi connectivity index (χ1v) is 5.44. The van der Waals surface area contributed by atoms with Gasteiger partial charge in [0.1, 0.15) is 6.20 Å². The van der Waals surface area contributed by atoms with Crippen LogP contribution in [0.4, 0.5) is 17.2 Å². The minimum Gasteiger partial charge on any atom is -0.711 e. The normalized spacial score (nSPS) is 10.3. The standard InChI is InChI=1S/C12H16N4O/c1-13-10-4-5-11(14-2)9-7-16(17)12(15-3)6-8(9)10/h4-7,13-15H,1-3H3. The van der Waals surface area contributed by atoms with Crippen molar-refractivity contribution in [3.63, 3.8) is 0 Å². The molecule has 2 aromatic rings. The third-order valence-corrected chi connectivity index (χ3v) is 2.85. The number of hydrogen-bond acceptors (Lipinski definition) is 4. The van der Waals surface area contributed by atoms with Gasteiger partial charge in [-0.15, -0.1) is 0 Å². The van der Waals surface area contributed by atoms with Gasteiger partial charge in [0.2, 0.25) is 0 Å². The predicted molar refractivity (Wildman–Crippen MR) is 71.5 cm³/mol. The van der Waals surface area contributed by atoms with Gasteiger partial charge in [-0.25, -0.2) is 4.73 Å². The lowest BCUT2D eigenvalue weighted by Gasteiger charge is -2.14. The average molecular weight is 232 g/mol. The van der Waals surface area contributed by atoms with Crippen molar-refractivity contribution in [3.8, 4) is 0 Å². The van der Waals surface area contributed by atoms with Crippen LogP contribution in [-0.4, -0.2) is 21.1 Å². The number of rotatable bonds is 3. The Morgan fingerprint density at radius 3 is 2.06 bits per heavy atom. The summed E-state index contributed by atoms with van der Waals surface area (Å²) in [5.74, 6) is 0.530. The summed E-state index contributed by atoms with van der Waals surface area (Å²) < 4.78 is 0.836. The summed E-state index contributed by atoms with van der Waals surface area (Å²) in [4.78, 5) is 0. The lowest BCUT2D eigenvalue weighted by molar-refractivity contribution is -0.588. The van der Waals surface area contributed by atoms with Gasteiger partial charge in [0.15, 0.2) is 0 Å². The molecule has 1 aromatic heterocycles. The molecule has 0 amide bonds. The summed E-state index contributed by atoms with van der Waals surface area (Å²) in [5, 5.41) is 22.7. The van der Waals surface area contributed by atoms with Gasteiger partial charge < -0.3 is 15.8 Å². The van der Waals surface area contributed by atoms with E-state index in [0.29, 0.717) is 5.82 Å². The van der Waals surface area contributed by atoms with Gasteiger partial charge >= 0.3 is 0 Å². The molecule has 0 saturated heterocycles. The van der Waals surface area contributed by atoms with Gasteiger partial charge in [-0.3, -0.25) is 5.32 Å². The molecule has 3 N–H and O–H groups in total. The molecule has 5 nitrogen and oxygen atoms in total. The lowest BCUT2D eigenvalue weighted by atomic mass is 10.1. The molecule has 2 rings (SSSR count). The maximum atomic E-state index is 11.7. The zero-order chi connectivity index (χ0) is 12.4. The number of aromatic nitrogens is 1. The number of fused-ring (bicyclic) bond motifs is 1. The van der Waals surface area contributed by atoms with Crippen molar-refractivity contribution in [2.75, 3.05) is 37.1 Å². The zero-order valence-corrected chi connectivity index (χ0v) is 10.2. The van der Waals surface area contributed by atoms with E-state index in [1.54, 1.807) is 13.2 Å². The third kappa shape index (κ3) is 1.80. The van der Waals surface area contributed by atoms with E-state index in [4.69, 9.17) is 0 Å². The van der Waals surface area contributed by atoms with Crippen LogP contribution in [0.3, 0.4) is 0 Å². The van der Waals surface area contributed by atoms with E-state index >= 15 is 0 Å². The van der Waals surface area contributed by atoms with Crippen LogP contribution in [0, 0.1) is 5.21 Å². The molecule has 0 unspecified atom stereocenters. The van der Waals surface area contributed by atoms with Gasteiger partial charge in [0.25, 0.3) is 5.82 Å². The smallest absolute Gasteiger partial charge is 0.277 e. The van der Waals surface area contributed by atoms with Gasteiger partial charge in [0, 0.05) is 42.3 Å². The second kappa shape index (κ2) is 4.37. The quantitative estimate of drug-likeness (QED) is 0.555. The van der Waals surface area contributed by atoms with Crippen LogP contribution in [0.5, 0.6) is 0 Å². The highest BCUT2D eigenvalue weighted by molar-refractivity contribution is 6.01. The number of benzene rings is 1. The Bertz CT molecular complexity index is 554. The first-order valence-electron chi connectivity index (χ1n) is 5.44.